The molecule has 0 aliphatic rings. The van der Waals surface area contributed by atoms with E-state index in [4.69, 9.17) is 23.7 Å². The van der Waals surface area contributed by atoms with Gasteiger partial charge in [-0.1, -0.05) is 48.5 Å². The van der Waals surface area contributed by atoms with Crippen LogP contribution in [0.5, 0.6) is 23.0 Å². The Kier molecular flexibility index (Phi) is 11.3. The summed E-state index contributed by atoms with van der Waals surface area (Å²) in [6.45, 7) is 6.15. The molecule has 5 aromatic carbocycles. The van der Waals surface area contributed by atoms with E-state index in [0.29, 0.717) is 37.9 Å². The second kappa shape index (κ2) is 15.8. The summed E-state index contributed by atoms with van der Waals surface area (Å²) in [4.78, 5) is 0.265. The Labute approximate surface area is 271 Å². The van der Waals surface area contributed by atoms with Gasteiger partial charge in [-0.15, -0.1) is 0 Å². The van der Waals surface area contributed by atoms with E-state index in [1.807, 2.05) is 98.8 Å². The second-order valence-corrected chi connectivity index (χ2v) is 12.8. The molecule has 7 nitrogen and oxygen atoms in total. The maximum absolute atomic E-state index is 12.1. The molecule has 0 fully saturated rings. The third kappa shape index (κ3) is 8.88. The summed E-state index contributed by atoms with van der Waals surface area (Å²) in [7, 11) is -3.32. The van der Waals surface area contributed by atoms with Crippen molar-refractivity contribution in [1.29, 1.82) is 0 Å². The topological polar surface area (TPSA) is 80.3 Å². The van der Waals surface area contributed by atoms with E-state index < -0.39 is 9.84 Å². The molecule has 0 amide bonds. The molecule has 240 valence electrons. The summed E-state index contributed by atoms with van der Waals surface area (Å²) in [6.07, 6.45) is 2.56. The Hall–Kier alpha value is -4.37. The maximum Gasteiger partial charge on any atom is 0.175 e. The lowest BCUT2D eigenvalue weighted by Crippen LogP contribution is -2.18. The average Bonchev–Trinajstić information content (AvgIpc) is 3.07. The average molecular weight is 641 g/mol. The van der Waals surface area contributed by atoms with Crippen molar-refractivity contribution in [1.82, 2.24) is 0 Å². The monoisotopic (exact) mass is 640 g/mol. The summed E-state index contributed by atoms with van der Waals surface area (Å²) in [5.74, 6) is 2.80. The van der Waals surface area contributed by atoms with Crippen molar-refractivity contribution in [3.05, 3.63) is 115 Å². The quantitative estimate of drug-likeness (QED) is 0.0787. The minimum atomic E-state index is -3.32. The molecule has 8 heteroatoms. The van der Waals surface area contributed by atoms with Crippen LogP contribution in [0.25, 0.3) is 21.9 Å². The summed E-state index contributed by atoms with van der Waals surface area (Å²) in [5, 5.41) is 1.85. The Bertz CT molecular complexity index is 1800. The lowest BCUT2D eigenvalue weighted by atomic mass is 9.99. The zero-order valence-electron chi connectivity index (χ0n) is 26.5. The first-order valence-corrected chi connectivity index (χ1v) is 17.4. The van der Waals surface area contributed by atoms with Gasteiger partial charge in [-0.3, -0.25) is 0 Å². The minimum Gasteiger partial charge on any atom is -0.494 e. The molecular formula is C38H40O7S. The highest BCUT2D eigenvalue weighted by molar-refractivity contribution is 7.90. The fourth-order valence-electron chi connectivity index (χ4n) is 5.08. The Morgan fingerprint density at radius 2 is 1.37 bits per heavy atom. The third-order valence-electron chi connectivity index (χ3n) is 7.39. The number of fused-ring (bicyclic) bond motifs is 1. The first-order valence-electron chi connectivity index (χ1n) is 15.5. The fraction of sp³-hybridized carbons (Fsp3) is 0.263. The van der Waals surface area contributed by atoms with Crippen molar-refractivity contribution in [2.75, 3.05) is 26.1 Å². The first-order chi connectivity index (χ1) is 22.3. The van der Waals surface area contributed by atoms with Gasteiger partial charge in [0.05, 0.1) is 11.5 Å². The smallest absolute Gasteiger partial charge is 0.175 e. The molecule has 0 spiro atoms. The molecule has 0 saturated heterocycles. The summed E-state index contributed by atoms with van der Waals surface area (Å²) < 4.78 is 54.0. The van der Waals surface area contributed by atoms with Gasteiger partial charge >= 0.3 is 0 Å². The molecule has 0 bridgehead atoms. The van der Waals surface area contributed by atoms with Crippen molar-refractivity contribution in [2.45, 2.75) is 44.5 Å². The van der Waals surface area contributed by atoms with E-state index >= 15 is 0 Å². The zero-order valence-corrected chi connectivity index (χ0v) is 27.3. The van der Waals surface area contributed by atoms with Crippen LogP contribution in [0.4, 0.5) is 0 Å². The van der Waals surface area contributed by atoms with Crippen LogP contribution in [0.2, 0.25) is 0 Å². The fourth-order valence-corrected chi connectivity index (χ4v) is 5.71. The molecule has 0 aliphatic carbocycles. The van der Waals surface area contributed by atoms with Gasteiger partial charge in [0.1, 0.15) is 29.6 Å². The molecular weight excluding hydrogens is 600 g/mol. The number of hydrogen-bond acceptors (Lipinski definition) is 7. The van der Waals surface area contributed by atoms with Gasteiger partial charge in [-0.2, -0.15) is 0 Å². The van der Waals surface area contributed by atoms with Gasteiger partial charge in [0.2, 0.25) is 0 Å². The van der Waals surface area contributed by atoms with Gasteiger partial charge in [-0.05, 0) is 97.4 Å². The van der Waals surface area contributed by atoms with Crippen LogP contribution < -0.4 is 14.2 Å². The van der Waals surface area contributed by atoms with E-state index in [0.717, 1.165) is 51.8 Å². The molecule has 5 aromatic rings. The van der Waals surface area contributed by atoms with Gasteiger partial charge in [0.15, 0.2) is 16.1 Å². The summed E-state index contributed by atoms with van der Waals surface area (Å²) in [5.41, 5.74) is 2.77. The maximum atomic E-state index is 12.1. The van der Waals surface area contributed by atoms with Gasteiger partial charge in [0, 0.05) is 36.8 Å². The predicted octanol–water partition coefficient (Wildman–Crippen LogP) is 8.84. The molecule has 0 N–H and O–H groups in total. The van der Waals surface area contributed by atoms with Crippen LogP contribution in [0.3, 0.4) is 0 Å². The predicted molar refractivity (Wildman–Crippen MR) is 182 cm³/mol. The number of hydrogen-bond donors (Lipinski definition) is 0. The van der Waals surface area contributed by atoms with Crippen molar-refractivity contribution in [2.24, 2.45) is 0 Å². The molecule has 0 aromatic heterocycles. The molecule has 46 heavy (non-hydrogen) atoms. The minimum absolute atomic E-state index is 0.210. The lowest BCUT2D eigenvalue weighted by molar-refractivity contribution is -0.140. The highest BCUT2D eigenvalue weighted by atomic mass is 32.2. The Morgan fingerprint density at radius 3 is 2.04 bits per heavy atom. The van der Waals surface area contributed by atoms with Gasteiger partial charge in [-0.25, -0.2) is 8.42 Å². The SMILES string of the molecule is CCOC(CCCOc1ccc(Oc2c(-c3ccc(S(C)(=O)=O)cc3)ccc3cc(OCc4ccccc4)ccc23)cc1)OCC. The van der Waals surface area contributed by atoms with Crippen molar-refractivity contribution < 1.29 is 32.1 Å². The van der Waals surface area contributed by atoms with Crippen molar-refractivity contribution >= 4 is 20.6 Å². The number of rotatable bonds is 16. The molecule has 0 radical (unpaired) electrons. The Balaban J connectivity index is 1.37. The molecule has 0 aliphatic heterocycles. The third-order valence-corrected chi connectivity index (χ3v) is 8.51. The van der Waals surface area contributed by atoms with Crippen LogP contribution in [0.1, 0.15) is 32.3 Å². The summed E-state index contributed by atoms with van der Waals surface area (Å²) >= 11 is 0. The number of ether oxygens (including phenoxy) is 5. The van der Waals surface area contributed by atoms with Crippen molar-refractivity contribution in [3.8, 4) is 34.1 Å². The second-order valence-electron chi connectivity index (χ2n) is 10.8. The molecule has 5 rings (SSSR count). The van der Waals surface area contributed by atoms with Gasteiger partial charge < -0.3 is 23.7 Å². The van der Waals surface area contributed by atoms with E-state index in [2.05, 4.69) is 0 Å². The molecule has 0 unspecified atom stereocenters. The normalized spacial score (nSPS) is 11.6. The zero-order chi connectivity index (χ0) is 32.4. The van der Waals surface area contributed by atoms with Crippen LogP contribution in [-0.4, -0.2) is 40.8 Å². The summed E-state index contributed by atoms with van der Waals surface area (Å²) in [6, 6.07) is 34.4. The largest absolute Gasteiger partial charge is 0.494 e. The van der Waals surface area contributed by atoms with Crippen LogP contribution in [0, 0.1) is 0 Å². The van der Waals surface area contributed by atoms with E-state index in [1.165, 1.54) is 6.26 Å². The number of benzene rings is 5. The highest BCUT2D eigenvalue weighted by Crippen LogP contribution is 2.41. The first kappa shape index (κ1) is 33.0. The Morgan fingerprint density at radius 1 is 0.696 bits per heavy atom. The lowest BCUT2D eigenvalue weighted by Gasteiger charge is -2.17. The van der Waals surface area contributed by atoms with E-state index in [1.54, 1.807) is 24.3 Å². The number of sulfone groups is 1. The van der Waals surface area contributed by atoms with Gasteiger partial charge in [0.25, 0.3) is 0 Å². The molecule has 0 heterocycles. The van der Waals surface area contributed by atoms with Crippen LogP contribution in [-0.2, 0) is 25.9 Å². The van der Waals surface area contributed by atoms with Crippen LogP contribution in [0.15, 0.2) is 114 Å². The van der Waals surface area contributed by atoms with E-state index in [9.17, 15) is 8.42 Å². The molecule has 0 saturated carbocycles. The van der Waals surface area contributed by atoms with Crippen molar-refractivity contribution in [3.63, 3.8) is 0 Å². The standard InChI is InChI=1S/C38H40O7S/c1-4-41-37(42-5-2)12-9-25-43-31-16-18-32(19-17-31)45-38-35(29-13-21-34(22-14-29)46(3,39)40)23-15-30-26-33(20-24-36(30)38)44-27-28-10-7-6-8-11-28/h6-8,10-11,13-24,26,37H,4-5,9,12,25,27H2,1-3H3. The van der Waals surface area contributed by atoms with Crippen LogP contribution >= 0.6 is 0 Å². The van der Waals surface area contributed by atoms with E-state index in [-0.39, 0.29) is 11.2 Å². The molecule has 0 atom stereocenters. The highest BCUT2D eigenvalue weighted by Gasteiger charge is 2.15.